The van der Waals surface area contributed by atoms with Gasteiger partial charge in [-0.05, 0) is 36.7 Å². The van der Waals surface area contributed by atoms with Crippen molar-refractivity contribution in [1.82, 2.24) is 5.32 Å². The summed E-state index contributed by atoms with van der Waals surface area (Å²) in [5.74, 6) is 0.0514. The summed E-state index contributed by atoms with van der Waals surface area (Å²) in [7, 11) is 1.91. The zero-order valence-electron chi connectivity index (χ0n) is 11.7. The molecule has 2 N–H and O–H groups in total. The van der Waals surface area contributed by atoms with Crippen LogP contribution in [0.25, 0.3) is 0 Å². The second-order valence-corrected chi connectivity index (χ2v) is 4.76. The van der Waals surface area contributed by atoms with E-state index in [9.17, 15) is 4.79 Å². The molecule has 0 aromatic heterocycles. The van der Waals surface area contributed by atoms with E-state index in [-0.39, 0.29) is 5.91 Å². The minimum absolute atomic E-state index is 0.0514. The van der Waals surface area contributed by atoms with E-state index < -0.39 is 0 Å². The summed E-state index contributed by atoms with van der Waals surface area (Å²) in [5.41, 5.74) is 3.20. The molecule has 3 heteroatoms. The summed E-state index contributed by atoms with van der Waals surface area (Å²) >= 11 is 0. The summed E-state index contributed by atoms with van der Waals surface area (Å²) in [6.45, 7) is 0.799. The molecule has 0 unspecified atom stereocenters. The first kappa shape index (κ1) is 14.3. The third kappa shape index (κ3) is 4.52. The number of amides is 1. The predicted molar refractivity (Wildman–Crippen MR) is 82.6 cm³/mol. The number of hydrogen-bond acceptors (Lipinski definition) is 2. The normalized spacial score (nSPS) is 10.2. The van der Waals surface area contributed by atoms with Gasteiger partial charge < -0.3 is 10.6 Å². The van der Waals surface area contributed by atoms with Crippen LogP contribution in [-0.2, 0) is 17.8 Å². The van der Waals surface area contributed by atoms with Crippen LogP contribution in [0.3, 0.4) is 0 Å². The lowest BCUT2D eigenvalue weighted by Crippen LogP contribution is -2.13. The van der Waals surface area contributed by atoms with Gasteiger partial charge in [0.1, 0.15) is 0 Å². The molecule has 0 saturated heterocycles. The van der Waals surface area contributed by atoms with Crippen molar-refractivity contribution in [2.24, 2.45) is 0 Å². The van der Waals surface area contributed by atoms with Crippen molar-refractivity contribution in [3.8, 4) is 0 Å². The lowest BCUT2D eigenvalue weighted by Gasteiger charge is -2.07. The third-order valence-corrected chi connectivity index (χ3v) is 3.08. The van der Waals surface area contributed by atoms with E-state index in [1.807, 2.05) is 61.6 Å². The van der Waals surface area contributed by atoms with Crippen molar-refractivity contribution in [1.29, 1.82) is 0 Å². The Hall–Kier alpha value is -2.13. The van der Waals surface area contributed by atoms with Gasteiger partial charge in [-0.1, -0.05) is 42.5 Å². The molecule has 104 valence electrons. The number of rotatable bonds is 6. The Balaban J connectivity index is 1.86. The van der Waals surface area contributed by atoms with Crippen LogP contribution in [0.2, 0.25) is 0 Å². The third-order valence-electron chi connectivity index (χ3n) is 3.08. The Morgan fingerprint density at radius 3 is 2.50 bits per heavy atom. The van der Waals surface area contributed by atoms with Gasteiger partial charge in [0.2, 0.25) is 5.91 Å². The Kier molecular flexibility index (Phi) is 5.33. The minimum Gasteiger partial charge on any atom is -0.326 e. The van der Waals surface area contributed by atoms with Crippen LogP contribution in [0.15, 0.2) is 54.6 Å². The smallest absolute Gasteiger partial charge is 0.224 e. The van der Waals surface area contributed by atoms with E-state index in [0.717, 1.165) is 24.2 Å². The van der Waals surface area contributed by atoms with Crippen LogP contribution < -0.4 is 10.6 Å². The summed E-state index contributed by atoms with van der Waals surface area (Å²) in [6, 6.07) is 18.0. The summed E-state index contributed by atoms with van der Waals surface area (Å²) in [6.07, 6.45) is 1.27. The predicted octanol–water partition coefficient (Wildman–Crippen LogP) is 2.98. The Labute approximate surface area is 120 Å². The van der Waals surface area contributed by atoms with Gasteiger partial charge >= 0.3 is 0 Å². The maximum atomic E-state index is 11.9. The number of benzene rings is 2. The molecule has 2 rings (SSSR count). The van der Waals surface area contributed by atoms with Crippen LogP contribution in [0.4, 0.5) is 5.69 Å². The number of nitrogens with one attached hydrogen (secondary N) is 2. The highest BCUT2D eigenvalue weighted by molar-refractivity contribution is 5.90. The number of aryl methyl sites for hydroxylation is 1. The molecule has 2 aromatic carbocycles. The van der Waals surface area contributed by atoms with Gasteiger partial charge in [-0.2, -0.15) is 0 Å². The molecule has 0 aliphatic rings. The van der Waals surface area contributed by atoms with Crippen LogP contribution in [0, 0.1) is 0 Å². The molecule has 0 saturated carbocycles. The van der Waals surface area contributed by atoms with Crippen molar-refractivity contribution >= 4 is 11.6 Å². The fourth-order valence-corrected chi connectivity index (χ4v) is 2.09. The van der Waals surface area contributed by atoms with Crippen molar-refractivity contribution in [2.75, 3.05) is 12.4 Å². The number of hydrogen-bond donors (Lipinski definition) is 2. The Bertz CT molecular complexity index is 552. The molecule has 0 aliphatic carbocycles. The molecule has 0 spiro atoms. The second kappa shape index (κ2) is 7.46. The van der Waals surface area contributed by atoms with Gasteiger partial charge in [0.25, 0.3) is 0 Å². The Morgan fingerprint density at radius 1 is 1.00 bits per heavy atom. The quantitative estimate of drug-likeness (QED) is 0.845. The molecule has 20 heavy (non-hydrogen) atoms. The topological polar surface area (TPSA) is 41.1 Å². The van der Waals surface area contributed by atoms with Gasteiger partial charge in [0.05, 0.1) is 0 Å². The minimum atomic E-state index is 0.0514. The summed E-state index contributed by atoms with van der Waals surface area (Å²) in [5, 5.41) is 6.04. The highest BCUT2D eigenvalue weighted by Gasteiger charge is 2.03. The number of carbonyl (C=O) groups excluding carboxylic acids is 1. The molecule has 0 aliphatic heterocycles. The highest BCUT2D eigenvalue weighted by Crippen LogP contribution is 2.11. The molecular weight excluding hydrogens is 248 g/mol. The first-order valence-corrected chi connectivity index (χ1v) is 6.85. The molecule has 2 aromatic rings. The van der Waals surface area contributed by atoms with Gasteiger partial charge in [0.15, 0.2) is 0 Å². The van der Waals surface area contributed by atoms with Gasteiger partial charge in [0, 0.05) is 18.7 Å². The molecule has 0 heterocycles. The van der Waals surface area contributed by atoms with Crippen LogP contribution in [0.1, 0.15) is 17.5 Å². The maximum Gasteiger partial charge on any atom is 0.224 e. The average molecular weight is 268 g/mol. The molecule has 0 atom stereocenters. The van der Waals surface area contributed by atoms with Gasteiger partial charge in [-0.15, -0.1) is 0 Å². The monoisotopic (exact) mass is 268 g/mol. The fraction of sp³-hybridized carbons (Fsp3) is 0.235. The summed E-state index contributed by atoms with van der Waals surface area (Å²) in [4.78, 5) is 11.9. The number of carbonyl (C=O) groups is 1. The molecule has 1 amide bonds. The van der Waals surface area contributed by atoms with Crippen LogP contribution in [0.5, 0.6) is 0 Å². The molecular formula is C17H20N2O. The van der Waals surface area contributed by atoms with Crippen molar-refractivity contribution in [3.05, 3.63) is 65.7 Å². The van der Waals surface area contributed by atoms with E-state index in [0.29, 0.717) is 6.42 Å². The standard InChI is InChI=1S/C17H20N2O/c1-18-13-15-8-5-9-16(12-15)19-17(20)11-10-14-6-3-2-4-7-14/h2-9,12,18H,10-11,13H2,1H3,(H,19,20). The Morgan fingerprint density at radius 2 is 1.75 bits per heavy atom. The zero-order valence-corrected chi connectivity index (χ0v) is 11.7. The first-order chi connectivity index (χ1) is 9.78. The van der Waals surface area contributed by atoms with Gasteiger partial charge in [-0.3, -0.25) is 4.79 Å². The largest absolute Gasteiger partial charge is 0.326 e. The van der Waals surface area contributed by atoms with E-state index in [1.165, 1.54) is 5.56 Å². The SMILES string of the molecule is CNCc1cccc(NC(=O)CCc2ccccc2)c1. The van der Waals surface area contributed by atoms with Crippen LogP contribution in [-0.4, -0.2) is 13.0 Å². The van der Waals surface area contributed by atoms with Crippen molar-refractivity contribution in [2.45, 2.75) is 19.4 Å². The molecule has 3 nitrogen and oxygen atoms in total. The molecule has 0 bridgehead atoms. The fourth-order valence-electron chi connectivity index (χ4n) is 2.09. The van der Waals surface area contributed by atoms with Crippen molar-refractivity contribution in [3.63, 3.8) is 0 Å². The lowest BCUT2D eigenvalue weighted by molar-refractivity contribution is -0.116. The maximum absolute atomic E-state index is 11.9. The van der Waals surface area contributed by atoms with E-state index in [1.54, 1.807) is 0 Å². The number of anilines is 1. The van der Waals surface area contributed by atoms with Crippen molar-refractivity contribution < 1.29 is 4.79 Å². The zero-order chi connectivity index (χ0) is 14.2. The first-order valence-electron chi connectivity index (χ1n) is 6.85. The van der Waals surface area contributed by atoms with E-state index in [2.05, 4.69) is 10.6 Å². The molecule has 0 fully saturated rings. The van der Waals surface area contributed by atoms with E-state index in [4.69, 9.17) is 0 Å². The van der Waals surface area contributed by atoms with E-state index >= 15 is 0 Å². The van der Waals surface area contributed by atoms with Gasteiger partial charge in [-0.25, -0.2) is 0 Å². The van der Waals surface area contributed by atoms with Crippen LogP contribution >= 0.6 is 0 Å². The summed E-state index contributed by atoms with van der Waals surface area (Å²) < 4.78 is 0. The average Bonchev–Trinajstić information content (AvgIpc) is 2.47. The second-order valence-electron chi connectivity index (χ2n) is 4.76. The molecule has 0 radical (unpaired) electrons. The highest BCUT2D eigenvalue weighted by atomic mass is 16.1. The lowest BCUT2D eigenvalue weighted by atomic mass is 10.1.